The molecule has 0 amide bonds. The highest BCUT2D eigenvalue weighted by Gasteiger charge is 2.20. The maximum atomic E-state index is 10.6. The van der Waals surface area contributed by atoms with E-state index in [0.29, 0.717) is 39.8 Å². The summed E-state index contributed by atoms with van der Waals surface area (Å²) in [6.45, 7) is -0.237. The number of hydrogen-bond acceptors (Lipinski definition) is 8. The van der Waals surface area contributed by atoms with Gasteiger partial charge in [-0.1, -0.05) is 0 Å². The van der Waals surface area contributed by atoms with Crippen molar-refractivity contribution in [2.24, 2.45) is 0 Å². The van der Waals surface area contributed by atoms with Gasteiger partial charge in [0, 0.05) is 5.56 Å². The number of nitrogen functional groups attached to an aromatic ring is 1. The molecule has 0 spiro atoms. The molecule has 0 saturated heterocycles. The number of nitrogens with two attached hydrogens (primary N) is 1. The van der Waals surface area contributed by atoms with Crippen molar-refractivity contribution in [3.05, 3.63) is 35.4 Å². The molecular formula is C19H25NO6S. The van der Waals surface area contributed by atoms with E-state index in [1.165, 1.54) is 26.0 Å². The molecule has 4 N–H and O–H groups in total. The molecule has 2 rings (SSSR count). The summed E-state index contributed by atoms with van der Waals surface area (Å²) in [5, 5.41) is 19.9. The van der Waals surface area contributed by atoms with Crippen LogP contribution < -0.4 is 24.7 Å². The fraction of sp³-hybridized carbons (Fsp3) is 0.368. The van der Waals surface area contributed by atoms with Crippen LogP contribution >= 0.6 is 11.8 Å². The molecule has 1 unspecified atom stereocenters. The summed E-state index contributed by atoms with van der Waals surface area (Å²) in [5.74, 6) is 1.86. The summed E-state index contributed by atoms with van der Waals surface area (Å²) in [6, 6.07) is 6.78. The van der Waals surface area contributed by atoms with Crippen molar-refractivity contribution in [2.75, 3.05) is 39.9 Å². The Morgan fingerprint density at radius 1 is 1.00 bits per heavy atom. The van der Waals surface area contributed by atoms with Crippen molar-refractivity contribution < 1.29 is 29.2 Å². The fourth-order valence-electron chi connectivity index (χ4n) is 2.65. The average Bonchev–Trinajstić information content (AvgIpc) is 2.70. The Kier molecular flexibility index (Phi) is 7.46. The van der Waals surface area contributed by atoms with E-state index in [0.717, 1.165) is 4.90 Å². The smallest absolute Gasteiger partial charge is 0.184 e. The number of rotatable bonds is 9. The molecule has 8 heteroatoms. The summed E-state index contributed by atoms with van der Waals surface area (Å²) in [6.07, 6.45) is 0.952. The molecule has 0 bridgehead atoms. The van der Waals surface area contributed by atoms with Crippen LogP contribution in [0.3, 0.4) is 0 Å². The number of ether oxygens (including phenoxy) is 4. The Bertz CT molecular complexity index is 783. The van der Waals surface area contributed by atoms with Gasteiger partial charge in [-0.2, -0.15) is 0 Å². The van der Waals surface area contributed by atoms with Crippen LogP contribution in [-0.2, 0) is 6.61 Å². The van der Waals surface area contributed by atoms with Gasteiger partial charge in [0.2, 0.25) is 0 Å². The number of aliphatic hydroxyl groups is 2. The normalized spacial score (nSPS) is 11.8. The predicted octanol–water partition coefficient (Wildman–Crippen LogP) is 2.62. The zero-order valence-corrected chi connectivity index (χ0v) is 16.6. The number of anilines is 1. The van der Waals surface area contributed by atoms with Crippen molar-refractivity contribution in [2.45, 2.75) is 17.6 Å². The minimum absolute atomic E-state index is 0.0723. The lowest BCUT2D eigenvalue weighted by Gasteiger charge is -2.20. The third kappa shape index (κ3) is 4.71. The fourth-order valence-corrected chi connectivity index (χ4v) is 3.21. The highest BCUT2D eigenvalue weighted by molar-refractivity contribution is 7.98. The number of thioether (sulfide) groups is 1. The van der Waals surface area contributed by atoms with E-state index >= 15 is 0 Å². The minimum Gasteiger partial charge on any atom is -0.496 e. The Morgan fingerprint density at radius 2 is 1.67 bits per heavy atom. The molecule has 0 heterocycles. The molecular weight excluding hydrogens is 370 g/mol. The van der Waals surface area contributed by atoms with E-state index in [1.54, 1.807) is 25.3 Å². The minimum atomic E-state index is -0.980. The first-order valence-corrected chi connectivity index (χ1v) is 9.39. The van der Waals surface area contributed by atoms with E-state index in [2.05, 4.69) is 0 Å². The second kappa shape index (κ2) is 9.59. The Morgan fingerprint density at radius 3 is 2.22 bits per heavy atom. The third-order valence-electron chi connectivity index (χ3n) is 4.03. The van der Waals surface area contributed by atoms with Gasteiger partial charge in [0.05, 0.1) is 38.5 Å². The first kappa shape index (κ1) is 21.0. The van der Waals surface area contributed by atoms with Gasteiger partial charge in [-0.15, -0.1) is 11.8 Å². The molecule has 2 aromatic rings. The standard InChI is InChI=1S/C19H25NO6S/c1-23-15-8-18(27-4)16(24-2)7-12(15)14(22)10-26-19-13(20)5-11(9-21)6-17(19)25-3/h5-8,14,21-22H,9-10,20H2,1-4H3. The van der Waals surface area contributed by atoms with E-state index in [-0.39, 0.29) is 13.2 Å². The van der Waals surface area contributed by atoms with E-state index in [9.17, 15) is 10.2 Å². The molecule has 27 heavy (non-hydrogen) atoms. The molecule has 0 saturated carbocycles. The Labute approximate surface area is 163 Å². The Hall–Kier alpha value is -2.29. The SMILES string of the molecule is COc1cc(C(O)COc2c(N)cc(CO)cc2OC)c(OC)cc1SC. The van der Waals surface area contributed by atoms with Gasteiger partial charge in [0.15, 0.2) is 11.5 Å². The number of methoxy groups -OCH3 is 3. The van der Waals surface area contributed by atoms with Crippen LogP contribution in [0.4, 0.5) is 5.69 Å². The van der Waals surface area contributed by atoms with Crippen molar-refractivity contribution in [1.29, 1.82) is 0 Å². The lowest BCUT2D eigenvalue weighted by molar-refractivity contribution is 0.104. The molecule has 2 aromatic carbocycles. The van der Waals surface area contributed by atoms with Crippen LogP contribution in [0.1, 0.15) is 17.2 Å². The van der Waals surface area contributed by atoms with Crippen molar-refractivity contribution in [3.63, 3.8) is 0 Å². The van der Waals surface area contributed by atoms with Gasteiger partial charge in [-0.3, -0.25) is 0 Å². The first-order valence-electron chi connectivity index (χ1n) is 8.17. The molecule has 0 fully saturated rings. The van der Waals surface area contributed by atoms with Gasteiger partial charge in [0.1, 0.15) is 24.2 Å². The number of hydrogen-bond donors (Lipinski definition) is 3. The van der Waals surface area contributed by atoms with E-state index in [4.69, 9.17) is 24.7 Å². The monoisotopic (exact) mass is 395 g/mol. The maximum Gasteiger partial charge on any atom is 0.184 e. The molecule has 0 aromatic heterocycles. The lowest BCUT2D eigenvalue weighted by atomic mass is 10.1. The molecule has 0 aliphatic carbocycles. The van der Waals surface area contributed by atoms with Crippen molar-refractivity contribution in [1.82, 2.24) is 0 Å². The predicted molar refractivity (Wildman–Crippen MR) is 105 cm³/mol. The summed E-state index contributed by atoms with van der Waals surface area (Å²) in [4.78, 5) is 0.900. The number of aliphatic hydroxyl groups excluding tert-OH is 2. The molecule has 1 atom stereocenters. The van der Waals surface area contributed by atoms with Crippen molar-refractivity contribution in [3.8, 4) is 23.0 Å². The van der Waals surface area contributed by atoms with E-state index in [1.807, 2.05) is 12.3 Å². The molecule has 0 aliphatic heterocycles. The highest BCUT2D eigenvalue weighted by Crippen LogP contribution is 2.39. The average molecular weight is 395 g/mol. The largest absolute Gasteiger partial charge is 0.496 e. The van der Waals surface area contributed by atoms with Crippen molar-refractivity contribution >= 4 is 17.4 Å². The zero-order chi connectivity index (χ0) is 20.0. The second-order valence-corrected chi connectivity index (χ2v) is 6.50. The summed E-state index contributed by atoms with van der Waals surface area (Å²) >= 11 is 1.52. The second-order valence-electron chi connectivity index (χ2n) is 5.65. The highest BCUT2D eigenvalue weighted by atomic mass is 32.2. The van der Waals surface area contributed by atoms with Gasteiger partial charge >= 0.3 is 0 Å². The van der Waals surface area contributed by atoms with Crippen LogP contribution in [0.15, 0.2) is 29.2 Å². The van der Waals surface area contributed by atoms with Gasteiger partial charge in [-0.05, 0) is 36.1 Å². The maximum absolute atomic E-state index is 10.6. The van der Waals surface area contributed by atoms with Gasteiger partial charge in [-0.25, -0.2) is 0 Å². The summed E-state index contributed by atoms with van der Waals surface area (Å²) < 4.78 is 21.8. The Balaban J connectivity index is 2.27. The molecule has 7 nitrogen and oxygen atoms in total. The summed E-state index contributed by atoms with van der Waals surface area (Å²) in [5.41, 5.74) is 7.45. The van der Waals surface area contributed by atoms with Crippen LogP contribution in [0.25, 0.3) is 0 Å². The molecule has 148 valence electrons. The van der Waals surface area contributed by atoms with E-state index < -0.39 is 6.10 Å². The molecule has 0 aliphatic rings. The third-order valence-corrected chi connectivity index (χ3v) is 4.79. The lowest BCUT2D eigenvalue weighted by Crippen LogP contribution is -2.13. The van der Waals surface area contributed by atoms with Crippen LogP contribution in [-0.4, -0.2) is 44.4 Å². The topological polar surface area (TPSA) is 103 Å². The van der Waals surface area contributed by atoms with Crippen LogP contribution in [0.5, 0.6) is 23.0 Å². The van der Waals surface area contributed by atoms with Gasteiger partial charge in [0.25, 0.3) is 0 Å². The zero-order valence-electron chi connectivity index (χ0n) is 15.8. The van der Waals surface area contributed by atoms with Crippen LogP contribution in [0.2, 0.25) is 0 Å². The van der Waals surface area contributed by atoms with Crippen LogP contribution in [0, 0.1) is 0 Å². The number of benzene rings is 2. The molecule has 0 radical (unpaired) electrons. The quantitative estimate of drug-likeness (QED) is 0.440. The first-order chi connectivity index (χ1) is 13.0. The summed E-state index contributed by atoms with van der Waals surface area (Å²) in [7, 11) is 4.59. The van der Waals surface area contributed by atoms with Gasteiger partial charge < -0.3 is 34.9 Å².